The molecule has 4 heteroatoms. The molecule has 1 unspecified atom stereocenters. The van der Waals surface area contributed by atoms with Crippen LogP contribution in [-0.2, 0) is 0 Å². The number of nitrogens with one attached hydrogen (secondary N) is 1. The molecular weight excluding hydrogens is 236 g/mol. The van der Waals surface area contributed by atoms with Gasteiger partial charge in [0.05, 0.1) is 6.04 Å². The van der Waals surface area contributed by atoms with Crippen molar-refractivity contribution in [2.24, 2.45) is 0 Å². The standard InChI is InChI=1S/C15H22N4/c1-11(2)19-14-13(8-6-10-17-14)18-15(19)12-7-4-3-5-9-16-12/h6,8,10-12,16H,3-5,7,9H2,1-2H3. The molecule has 0 spiro atoms. The van der Waals surface area contributed by atoms with Gasteiger partial charge in [-0.1, -0.05) is 12.8 Å². The predicted molar refractivity (Wildman–Crippen MR) is 77.1 cm³/mol. The highest BCUT2D eigenvalue weighted by Gasteiger charge is 2.22. The van der Waals surface area contributed by atoms with Gasteiger partial charge in [0.25, 0.3) is 0 Å². The smallest absolute Gasteiger partial charge is 0.160 e. The van der Waals surface area contributed by atoms with E-state index in [1.807, 2.05) is 12.3 Å². The van der Waals surface area contributed by atoms with Crippen molar-refractivity contribution in [2.45, 2.75) is 51.6 Å². The van der Waals surface area contributed by atoms with E-state index >= 15 is 0 Å². The maximum atomic E-state index is 4.84. The van der Waals surface area contributed by atoms with Crippen LogP contribution in [0.5, 0.6) is 0 Å². The Bertz CT molecular complexity index is 550. The fourth-order valence-electron chi connectivity index (χ4n) is 2.95. The Kier molecular flexibility index (Phi) is 3.51. The Morgan fingerprint density at radius 1 is 1.32 bits per heavy atom. The van der Waals surface area contributed by atoms with E-state index in [1.165, 1.54) is 25.7 Å². The summed E-state index contributed by atoms with van der Waals surface area (Å²) in [6, 6.07) is 4.78. The summed E-state index contributed by atoms with van der Waals surface area (Å²) in [7, 11) is 0. The number of nitrogens with zero attached hydrogens (tertiary/aromatic N) is 3. The van der Waals surface area contributed by atoms with Crippen LogP contribution >= 0.6 is 0 Å². The maximum Gasteiger partial charge on any atom is 0.160 e. The summed E-state index contributed by atoms with van der Waals surface area (Å²) in [6.45, 7) is 5.51. The molecule has 3 heterocycles. The fourth-order valence-corrected chi connectivity index (χ4v) is 2.95. The van der Waals surface area contributed by atoms with E-state index in [1.54, 1.807) is 0 Å². The molecular formula is C15H22N4. The van der Waals surface area contributed by atoms with Crippen LogP contribution < -0.4 is 5.32 Å². The quantitative estimate of drug-likeness (QED) is 0.899. The molecule has 1 N–H and O–H groups in total. The first kappa shape index (κ1) is 12.6. The molecule has 3 rings (SSSR count). The molecule has 19 heavy (non-hydrogen) atoms. The molecule has 1 saturated heterocycles. The number of hydrogen-bond donors (Lipinski definition) is 1. The average molecular weight is 258 g/mol. The van der Waals surface area contributed by atoms with Crippen LogP contribution in [0.3, 0.4) is 0 Å². The topological polar surface area (TPSA) is 42.7 Å². The molecule has 1 atom stereocenters. The highest BCUT2D eigenvalue weighted by Crippen LogP contribution is 2.27. The van der Waals surface area contributed by atoms with E-state index < -0.39 is 0 Å². The lowest BCUT2D eigenvalue weighted by atomic mass is 10.1. The molecule has 0 aromatic carbocycles. The van der Waals surface area contributed by atoms with Gasteiger partial charge in [0.15, 0.2) is 5.65 Å². The van der Waals surface area contributed by atoms with Crippen molar-refractivity contribution in [3.05, 3.63) is 24.2 Å². The average Bonchev–Trinajstić information content (AvgIpc) is 2.59. The number of aromatic nitrogens is 3. The number of hydrogen-bond acceptors (Lipinski definition) is 3. The van der Waals surface area contributed by atoms with E-state index in [-0.39, 0.29) is 0 Å². The van der Waals surface area contributed by atoms with Crippen molar-refractivity contribution in [1.82, 2.24) is 19.9 Å². The normalized spacial score (nSPS) is 20.9. The number of pyridine rings is 1. The van der Waals surface area contributed by atoms with E-state index in [0.717, 1.165) is 23.5 Å². The lowest BCUT2D eigenvalue weighted by Gasteiger charge is -2.19. The predicted octanol–water partition coefficient (Wildman–Crippen LogP) is 3.22. The van der Waals surface area contributed by atoms with E-state index in [0.29, 0.717) is 12.1 Å². The zero-order chi connectivity index (χ0) is 13.2. The third-order valence-electron chi connectivity index (χ3n) is 3.86. The summed E-state index contributed by atoms with van der Waals surface area (Å²) in [4.78, 5) is 9.35. The van der Waals surface area contributed by atoms with E-state index in [9.17, 15) is 0 Å². The zero-order valence-corrected chi connectivity index (χ0v) is 11.8. The second-order valence-electron chi connectivity index (χ2n) is 5.64. The van der Waals surface area contributed by atoms with Crippen LogP contribution in [0.15, 0.2) is 18.3 Å². The summed E-state index contributed by atoms with van der Waals surface area (Å²) < 4.78 is 2.29. The first-order chi connectivity index (χ1) is 9.27. The van der Waals surface area contributed by atoms with Gasteiger partial charge < -0.3 is 9.88 Å². The van der Waals surface area contributed by atoms with Crippen molar-refractivity contribution in [2.75, 3.05) is 6.54 Å². The lowest BCUT2D eigenvalue weighted by molar-refractivity contribution is 0.463. The molecule has 102 valence electrons. The van der Waals surface area contributed by atoms with Crippen molar-refractivity contribution in [1.29, 1.82) is 0 Å². The van der Waals surface area contributed by atoms with Crippen LogP contribution in [0.4, 0.5) is 0 Å². The van der Waals surface area contributed by atoms with Crippen molar-refractivity contribution < 1.29 is 0 Å². The summed E-state index contributed by atoms with van der Waals surface area (Å²) in [5.74, 6) is 1.16. The second kappa shape index (κ2) is 5.29. The van der Waals surface area contributed by atoms with Gasteiger partial charge in [0, 0.05) is 12.2 Å². The molecule has 2 aromatic rings. The minimum absolute atomic E-state index is 0.374. The third kappa shape index (κ3) is 2.37. The van der Waals surface area contributed by atoms with Crippen LogP contribution in [-0.4, -0.2) is 21.1 Å². The highest BCUT2D eigenvalue weighted by molar-refractivity contribution is 5.71. The Morgan fingerprint density at radius 3 is 3.05 bits per heavy atom. The summed E-state index contributed by atoms with van der Waals surface area (Å²) in [5.41, 5.74) is 2.02. The molecule has 4 nitrogen and oxygen atoms in total. The van der Waals surface area contributed by atoms with Gasteiger partial charge in [0.2, 0.25) is 0 Å². The number of rotatable bonds is 2. The van der Waals surface area contributed by atoms with Crippen molar-refractivity contribution in [3.63, 3.8) is 0 Å². The van der Waals surface area contributed by atoms with Crippen molar-refractivity contribution >= 4 is 11.2 Å². The Hall–Kier alpha value is -1.42. The Morgan fingerprint density at radius 2 is 2.21 bits per heavy atom. The third-order valence-corrected chi connectivity index (χ3v) is 3.86. The Labute approximate surface area is 114 Å². The second-order valence-corrected chi connectivity index (χ2v) is 5.64. The molecule has 0 radical (unpaired) electrons. The molecule has 0 amide bonds. The van der Waals surface area contributed by atoms with Gasteiger partial charge in [-0.05, 0) is 45.4 Å². The summed E-state index contributed by atoms with van der Waals surface area (Å²) in [5, 5.41) is 3.64. The molecule has 2 aromatic heterocycles. The van der Waals surface area contributed by atoms with Crippen LogP contribution in [0, 0.1) is 0 Å². The van der Waals surface area contributed by atoms with Gasteiger partial charge in [-0.2, -0.15) is 0 Å². The van der Waals surface area contributed by atoms with Gasteiger partial charge in [-0.25, -0.2) is 9.97 Å². The highest BCUT2D eigenvalue weighted by atomic mass is 15.2. The van der Waals surface area contributed by atoms with Crippen molar-refractivity contribution in [3.8, 4) is 0 Å². The minimum Gasteiger partial charge on any atom is -0.309 e. The maximum absolute atomic E-state index is 4.84. The van der Waals surface area contributed by atoms with Crippen LogP contribution in [0.25, 0.3) is 11.2 Å². The van der Waals surface area contributed by atoms with Gasteiger partial charge in [0.1, 0.15) is 11.3 Å². The molecule has 1 fully saturated rings. The van der Waals surface area contributed by atoms with Crippen LogP contribution in [0.2, 0.25) is 0 Å². The molecule has 1 aliphatic heterocycles. The molecule has 0 bridgehead atoms. The van der Waals surface area contributed by atoms with Gasteiger partial charge >= 0.3 is 0 Å². The first-order valence-electron chi connectivity index (χ1n) is 7.33. The largest absolute Gasteiger partial charge is 0.309 e. The Balaban J connectivity index is 2.08. The van der Waals surface area contributed by atoms with Gasteiger partial charge in [-0.15, -0.1) is 0 Å². The minimum atomic E-state index is 0.374. The monoisotopic (exact) mass is 258 g/mol. The SMILES string of the molecule is CC(C)n1c(C2CCCCCN2)nc2cccnc21. The van der Waals surface area contributed by atoms with Gasteiger partial charge in [-0.3, -0.25) is 0 Å². The van der Waals surface area contributed by atoms with E-state index in [2.05, 4.69) is 34.8 Å². The zero-order valence-electron chi connectivity index (χ0n) is 11.8. The van der Waals surface area contributed by atoms with E-state index in [4.69, 9.17) is 4.98 Å². The fraction of sp³-hybridized carbons (Fsp3) is 0.600. The summed E-state index contributed by atoms with van der Waals surface area (Å²) in [6.07, 6.45) is 6.91. The lowest BCUT2D eigenvalue weighted by Crippen LogP contribution is -2.24. The molecule has 0 aliphatic carbocycles. The number of imidazole rings is 1. The van der Waals surface area contributed by atoms with Crippen LogP contribution in [0.1, 0.15) is 57.4 Å². The first-order valence-corrected chi connectivity index (χ1v) is 7.33. The number of fused-ring (bicyclic) bond motifs is 1. The molecule has 1 aliphatic rings. The molecule has 0 saturated carbocycles. The summed E-state index contributed by atoms with van der Waals surface area (Å²) >= 11 is 0.